The Hall–Kier alpha value is -1.34. The first kappa shape index (κ1) is 13.1. The van der Waals surface area contributed by atoms with E-state index in [0.717, 1.165) is 24.3 Å². The molecule has 0 unspecified atom stereocenters. The predicted molar refractivity (Wildman–Crippen MR) is 76.5 cm³/mol. The minimum atomic E-state index is 0.398. The third-order valence-corrected chi connectivity index (χ3v) is 4.00. The molecule has 2 rings (SSSR count). The normalized spacial score (nSPS) is 10.7. The fourth-order valence-corrected chi connectivity index (χ4v) is 3.18. The van der Waals surface area contributed by atoms with Crippen LogP contribution in [0.25, 0.3) is 0 Å². The molecule has 18 heavy (non-hydrogen) atoms. The monoisotopic (exact) mass is 281 g/mol. The molecule has 0 saturated heterocycles. The van der Waals surface area contributed by atoms with Gasteiger partial charge >= 0.3 is 0 Å². The molecule has 0 aromatic carbocycles. The summed E-state index contributed by atoms with van der Waals surface area (Å²) in [5.74, 6) is 1.54. The molecule has 0 amide bonds. The first-order chi connectivity index (χ1) is 8.67. The van der Waals surface area contributed by atoms with Crippen molar-refractivity contribution >= 4 is 34.7 Å². The third kappa shape index (κ3) is 3.58. The highest BCUT2D eigenvalue weighted by Gasteiger charge is 2.05. The Kier molecular flexibility index (Phi) is 4.38. The van der Waals surface area contributed by atoms with Gasteiger partial charge in [-0.15, -0.1) is 11.3 Å². The number of aromatic nitrogens is 3. The summed E-state index contributed by atoms with van der Waals surface area (Å²) in [6.07, 6.45) is 2.16. The SMILES string of the molecule is CCCc1nc(CSc2nc(N)cc(N)n2)cs1. The molecule has 2 heterocycles. The maximum atomic E-state index is 5.61. The zero-order valence-electron chi connectivity index (χ0n) is 10.1. The van der Waals surface area contributed by atoms with Gasteiger partial charge in [-0.1, -0.05) is 18.7 Å². The van der Waals surface area contributed by atoms with Crippen LogP contribution in [0.15, 0.2) is 16.6 Å². The van der Waals surface area contributed by atoms with Crippen LogP contribution in [0.1, 0.15) is 24.0 Å². The molecule has 4 N–H and O–H groups in total. The second-order valence-corrected chi connectivity index (χ2v) is 5.66. The molecule has 2 aromatic heterocycles. The van der Waals surface area contributed by atoms with E-state index in [1.807, 2.05) is 0 Å². The van der Waals surface area contributed by atoms with Crippen molar-refractivity contribution < 1.29 is 0 Å². The lowest BCUT2D eigenvalue weighted by atomic mass is 10.3. The molecule has 0 spiro atoms. The summed E-state index contributed by atoms with van der Waals surface area (Å²) < 4.78 is 0. The molecule has 0 aliphatic rings. The van der Waals surface area contributed by atoms with Gasteiger partial charge < -0.3 is 11.5 Å². The van der Waals surface area contributed by atoms with E-state index in [-0.39, 0.29) is 0 Å². The first-order valence-electron chi connectivity index (χ1n) is 5.63. The van der Waals surface area contributed by atoms with E-state index in [2.05, 4.69) is 27.3 Å². The van der Waals surface area contributed by atoms with Crippen LogP contribution in [0.3, 0.4) is 0 Å². The molecular formula is C11H15N5S2. The molecule has 0 fully saturated rings. The Labute approximate surface area is 114 Å². The van der Waals surface area contributed by atoms with Crippen LogP contribution in [0.4, 0.5) is 11.6 Å². The van der Waals surface area contributed by atoms with E-state index in [1.165, 1.54) is 16.8 Å². The number of nitrogens with two attached hydrogens (primary N) is 2. The van der Waals surface area contributed by atoms with Crippen LogP contribution in [0, 0.1) is 0 Å². The molecule has 0 aliphatic heterocycles. The lowest BCUT2D eigenvalue weighted by Gasteiger charge is -2.01. The van der Waals surface area contributed by atoms with Crippen molar-refractivity contribution in [1.82, 2.24) is 15.0 Å². The first-order valence-corrected chi connectivity index (χ1v) is 7.50. The van der Waals surface area contributed by atoms with Crippen molar-refractivity contribution in [3.63, 3.8) is 0 Å². The summed E-state index contributed by atoms with van der Waals surface area (Å²) in [5.41, 5.74) is 12.3. The number of thioether (sulfide) groups is 1. The topological polar surface area (TPSA) is 90.7 Å². The number of hydrogen-bond donors (Lipinski definition) is 2. The number of nitrogens with zero attached hydrogens (tertiary/aromatic N) is 3. The molecule has 5 nitrogen and oxygen atoms in total. The van der Waals surface area contributed by atoms with Gasteiger partial charge in [-0.2, -0.15) is 0 Å². The summed E-state index contributed by atoms with van der Waals surface area (Å²) in [7, 11) is 0. The fourth-order valence-electron chi connectivity index (χ4n) is 1.41. The van der Waals surface area contributed by atoms with Crippen molar-refractivity contribution in [3.05, 3.63) is 22.1 Å². The van der Waals surface area contributed by atoms with E-state index >= 15 is 0 Å². The zero-order chi connectivity index (χ0) is 13.0. The second-order valence-electron chi connectivity index (χ2n) is 3.77. The summed E-state index contributed by atoms with van der Waals surface area (Å²) >= 11 is 3.20. The number of anilines is 2. The van der Waals surface area contributed by atoms with Crippen LogP contribution in [-0.2, 0) is 12.2 Å². The van der Waals surface area contributed by atoms with E-state index in [0.29, 0.717) is 16.8 Å². The van der Waals surface area contributed by atoms with Gasteiger partial charge in [0.15, 0.2) is 5.16 Å². The van der Waals surface area contributed by atoms with E-state index in [9.17, 15) is 0 Å². The van der Waals surface area contributed by atoms with Crippen molar-refractivity contribution in [3.8, 4) is 0 Å². The lowest BCUT2D eigenvalue weighted by Crippen LogP contribution is -1.99. The van der Waals surface area contributed by atoms with E-state index in [1.54, 1.807) is 17.4 Å². The van der Waals surface area contributed by atoms with Crippen LogP contribution >= 0.6 is 23.1 Å². The average molecular weight is 281 g/mol. The Morgan fingerprint density at radius 3 is 2.61 bits per heavy atom. The highest BCUT2D eigenvalue weighted by Crippen LogP contribution is 2.22. The molecule has 0 radical (unpaired) electrons. The highest BCUT2D eigenvalue weighted by molar-refractivity contribution is 7.98. The van der Waals surface area contributed by atoms with Gasteiger partial charge in [0.1, 0.15) is 11.6 Å². The van der Waals surface area contributed by atoms with E-state index in [4.69, 9.17) is 11.5 Å². The molecular weight excluding hydrogens is 266 g/mol. The van der Waals surface area contributed by atoms with Crippen molar-refractivity contribution in [1.29, 1.82) is 0 Å². The van der Waals surface area contributed by atoms with Gasteiger partial charge in [-0.25, -0.2) is 15.0 Å². The predicted octanol–water partition coefficient (Wildman–Crippen LogP) is 2.34. The van der Waals surface area contributed by atoms with Gasteiger partial charge in [-0.05, 0) is 12.8 Å². The molecule has 0 aliphatic carbocycles. The van der Waals surface area contributed by atoms with Gasteiger partial charge in [0, 0.05) is 17.2 Å². The van der Waals surface area contributed by atoms with Crippen molar-refractivity contribution in [2.75, 3.05) is 11.5 Å². The van der Waals surface area contributed by atoms with Crippen LogP contribution in [0.5, 0.6) is 0 Å². The summed E-state index contributed by atoms with van der Waals surface area (Å²) in [6.45, 7) is 2.15. The van der Waals surface area contributed by atoms with Gasteiger partial charge in [0.2, 0.25) is 0 Å². The number of hydrogen-bond acceptors (Lipinski definition) is 7. The lowest BCUT2D eigenvalue weighted by molar-refractivity contribution is 0.901. The van der Waals surface area contributed by atoms with Crippen LogP contribution < -0.4 is 11.5 Å². The highest BCUT2D eigenvalue weighted by atomic mass is 32.2. The molecule has 0 atom stereocenters. The fraction of sp³-hybridized carbons (Fsp3) is 0.364. The third-order valence-electron chi connectivity index (χ3n) is 2.16. The Bertz CT molecular complexity index is 506. The molecule has 7 heteroatoms. The molecule has 0 saturated carbocycles. The number of thiazole rings is 1. The number of nitrogen functional groups attached to an aromatic ring is 2. The van der Waals surface area contributed by atoms with Gasteiger partial charge in [0.05, 0.1) is 10.7 Å². The maximum Gasteiger partial charge on any atom is 0.191 e. The number of aryl methyl sites for hydroxylation is 1. The van der Waals surface area contributed by atoms with Gasteiger partial charge in [-0.3, -0.25) is 0 Å². The quantitative estimate of drug-likeness (QED) is 0.645. The molecule has 96 valence electrons. The smallest absolute Gasteiger partial charge is 0.191 e. The second kappa shape index (κ2) is 6.01. The largest absolute Gasteiger partial charge is 0.383 e. The maximum absolute atomic E-state index is 5.61. The number of rotatable bonds is 5. The van der Waals surface area contributed by atoms with Crippen molar-refractivity contribution in [2.24, 2.45) is 0 Å². The summed E-state index contributed by atoms with van der Waals surface area (Å²) in [4.78, 5) is 12.8. The van der Waals surface area contributed by atoms with E-state index < -0.39 is 0 Å². The zero-order valence-corrected chi connectivity index (χ0v) is 11.7. The minimum Gasteiger partial charge on any atom is -0.383 e. The minimum absolute atomic E-state index is 0.398. The molecule has 0 bridgehead atoms. The van der Waals surface area contributed by atoms with Crippen molar-refractivity contribution in [2.45, 2.75) is 30.7 Å². The standard InChI is InChI=1S/C11H15N5S2/c1-2-3-10-14-7(5-17-10)6-18-11-15-8(12)4-9(13)16-11/h4-5H,2-3,6H2,1H3,(H4,12,13,15,16). The Balaban J connectivity index is 1.97. The average Bonchev–Trinajstić information content (AvgIpc) is 2.74. The summed E-state index contributed by atoms with van der Waals surface area (Å²) in [5, 5.41) is 3.85. The van der Waals surface area contributed by atoms with Crippen LogP contribution in [-0.4, -0.2) is 15.0 Å². The Morgan fingerprint density at radius 2 is 1.94 bits per heavy atom. The Morgan fingerprint density at radius 1 is 1.22 bits per heavy atom. The summed E-state index contributed by atoms with van der Waals surface area (Å²) in [6, 6.07) is 1.55. The molecule has 2 aromatic rings. The van der Waals surface area contributed by atoms with Crippen LogP contribution in [0.2, 0.25) is 0 Å². The van der Waals surface area contributed by atoms with Gasteiger partial charge in [0.25, 0.3) is 0 Å².